The summed E-state index contributed by atoms with van der Waals surface area (Å²) in [7, 11) is 3.29. The van der Waals surface area contributed by atoms with E-state index in [9.17, 15) is 9.59 Å². The summed E-state index contributed by atoms with van der Waals surface area (Å²) in [5.74, 6) is -0.460. The molecule has 5 nitrogen and oxygen atoms in total. The third-order valence-electron chi connectivity index (χ3n) is 2.06. The Morgan fingerprint density at radius 2 is 2.12 bits per heavy atom. The predicted octanol–water partition coefficient (Wildman–Crippen LogP) is 0.537. The summed E-state index contributed by atoms with van der Waals surface area (Å²) in [5.41, 5.74) is 6.04. The van der Waals surface area contributed by atoms with Crippen LogP contribution < -0.4 is 11.1 Å². The minimum absolute atomic E-state index is 0.150. The van der Waals surface area contributed by atoms with E-state index >= 15 is 0 Å². The summed E-state index contributed by atoms with van der Waals surface area (Å²) < 4.78 is 0. The van der Waals surface area contributed by atoms with E-state index in [-0.39, 0.29) is 11.8 Å². The van der Waals surface area contributed by atoms with Gasteiger partial charge in [-0.05, 0) is 18.4 Å². The van der Waals surface area contributed by atoms with Gasteiger partial charge >= 0.3 is 0 Å². The molecule has 0 saturated heterocycles. The van der Waals surface area contributed by atoms with Crippen molar-refractivity contribution >= 4 is 28.8 Å². The maximum atomic E-state index is 11.7. The van der Waals surface area contributed by atoms with Crippen molar-refractivity contribution < 1.29 is 9.59 Å². The molecule has 0 radical (unpaired) electrons. The Labute approximate surface area is 98.2 Å². The van der Waals surface area contributed by atoms with Gasteiger partial charge in [0.05, 0.1) is 5.69 Å². The van der Waals surface area contributed by atoms with Crippen molar-refractivity contribution in [3.63, 3.8) is 0 Å². The normalized spacial score (nSPS) is 11.9. The van der Waals surface area contributed by atoms with Crippen molar-refractivity contribution in [3.05, 3.63) is 16.3 Å². The van der Waals surface area contributed by atoms with Gasteiger partial charge in [-0.1, -0.05) is 0 Å². The Bertz CT molecular complexity index is 401. The van der Waals surface area contributed by atoms with Gasteiger partial charge in [-0.3, -0.25) is 9.59 Å². The zero-order valence-electron chi connectivity index (χ0n) is 9.48. The molecule has 2 amide bonds. The number of nitrogens with one attached hydrogen (secondary N) is 1. The molecule has 1 aromatic rings. The van der Waals surface area contributed by atoms with Gasteiger partial charge in [0.25, 0.3) is 5.91 Å². The first-order valence-electron chi connectivity index (χ1n) is 4.78. The number of nitrogens with two attached hydrogens (primary N) is 1. The summed E-state index contributed by atoms with van der Waals surface area (Å²) in [6, 6.07) is 1.11. The first-order chi connectivity index (χ1) is 7.43. The van der Waals surface area contributed by atoms with Crippen LogP contribution in [0, 0.1) is 0 Å². The Morgan fingerprint density at radius 1 is 1.50 bits per heavy atom. The van der Waals surface area contributed by atoms with Gasteiger partial charge in [0, 0.05) is 14.1 Å². The van der Waals surface area contributed by atoms with Crippen LogP contribution in [0.25, 0.3) is 0 Å². The monoisotopic (exact) mass is 241 g/mol. The number of nitrogens with zero attached hydrogens (tertiary/aromatic N) is 1. The van der Waals surface area contributed by atoms with Crippen LogP contribution in [0.2, 0.25) is 0 Å². The first-order valence-corrected chi connectivity index (χ1v) is 5.66. The maximum absolute atomic E-state index is 11.7. The number of hydrogen-bond donors (Lipinski definition) is 2. The topological polar surface area (TPSA) is 75.4 Å². The van der Waals surface area contributed by atoms with E-state index in [1.807, 2.05) is 0 Å². The lowest BCUT2D eigenvalue weighted by Crippen LogP contribution is -2.44. The van der Waals surface area contributed by atoms with Gasteiger partial charge in [0.2, 0.25) is 5.91 Å². The Hall–Kier alpha value is -1.56. The number of thiophene rings is 1. The molecule has 1 atom stereocenters. The molecule has 6 heteroatoms. The van der Waals surface area contributed by atoms with E-state index in [1.165, 1.54) is 16.2 Å². The van der Waals surface area contributed by atoms with E-state index in [0.717, 1.165) is 0 Å². The van der Waals surface area contributed by atoms with Gasteiger partial charge < -0.3 is 16.0 Å². The van der Waals surface area contributed by atoms with Crippen LogP contribution in [0.5, 0.6) is 0 Å². The molecule has 1 heterocycles. The smallest absolute Gasteiger partial charge is 0.264 e. The van der Waals surface area contributed by atoms with Gasteiger partial charge in [-0.2, -0.15) is 0 Å². The van der Waals surface area contributed by atoms with Crippen LogP contribution in [0.3, 0.4) is 0 Å². The van der Waals surface area contributed by atoms with E-state index in [4.69, 9.17) is 5.73 Å². The van der Waals surface area contributed by atoms with E-state index in [0.29, 0.717) is 10.6 Å². The highest BCUT2D eigenvalue weighted by molar-refractivity contribution is 7.12. The minimum atomic E-state index is -0.552. The second-order valence-electron chi connectivity index (χ2n) is 3.63. The minimum Gasteiger partial charge on any atom is -0.397 e. The molecule has 0 aliphatic heterocycles. The number of anilines is 1. The van der Waals surface area contributed by atoms with Crippen molar-refractivity contribution in [2.75, 3.05) is 19.8 Å². The quantitative estimate of drug-likeness (QED) is 0.811. The molecule has 0 fully saturated rings. The highest BCUT2D eigenvalue weighted by Gasteiger charge is 2.19. The van der Waals surface area contributed by atoms with Gasteiger partial charge in [0.15, 0.2) is 0 Å². The van der Waals surface area contributed by atoms with Crippen LogP contribution >= 0.6 is 11.3 Å². The van der Waals surface area contributed by atoms with E-state index in [2.05, 4.69) is 5.32 Å². The summed E-state index contributed by atoms with van der Waals surface area (Å²) in [4.78, 5) is 25.1. The maximum Gasteiger partial charge on any atom is 0.264 e. The van der Waals surface area contributed by atoms with Crippen molar-refractivity contribution in [3.8, 4) is 0 Å². The molecule has 1 aromatic heterocycles. The number of rotatable bonds is 3. The summed E-state index contributed by atoms with van der Waals surface area (Å²) in [5, 5.41) is 4.34. The third-order valence-corrected chi connectivity index (χ3v) is 2.99. The molecule has 1 rings (SSSR count). The summed E-state index contributed by atoms with van der Waals surface area (Å²) >= 11 is 1.26. The van der Waals surface area contributed by atoms with E-state index < -0.39 is 6.04 Å². The third kappa shape index (κ3) is 2.73. The summed E-state index contributed by atoms with van der Waals surface area (Å²) in [6.07, 6.45) is 0. The molecule has 0 spiro atoms. The standard InChI is InChI=1S/C10H15N3O2S/c1-6(10(15)13(2)3)12-9(14)8-7(11)4-5-16-8/h4-6H,11H2,1-3H3,(H,12,14). The molecule has 0 aromatic carbocycles. The second kappa shape index (κ2) is 4.98. The number of nitrogen functional groups attached to an aromatic ring is 1. The number of carbonyl (C=O) groups is 2. The molecule has 0 bridgehead atoms. The van der Waals surface area contributed by atoms with Gasteiger partial charge in [-0.15, -0.1) is 11.3 Å². The van der Waals surface area contributed by atoms with Crippen molar-refractivity contribution in [1.82, 2.24) is 10.2 Å². The fourth-order valence-corrected chi connectivity index (χ4v) is 1.94. The molecular weight excluding hydrogens is 226 g/mol. The lowest BCUT2D eigenvalue weighted by atomic mass is 10.3. The summed E-state index contributed by atoms with van der Waals surface area (Å²) in [6.45, 7) is 1.64. The molecule has 3 N–H and O–H groups in total. The zero-order chi connectivity index (χ0) is 12.3. The zero-order valence-corrected chi connectivity index (χ0v) is 10.3. The van der Waals surface area contributed by atoms with Crippen LogP contribution in [0.1, 0.15) is 16.6 Å². The van der Waals surface area contributed by atoms with Crippen LogP contribution in [0.4, 0.5) is 5.69 Å². The SMILES string of the molecule is CC(NC(=O)c1sccc1N)C(=O)N(C)C. The highest BCUT2D eigenvalue weighted by atomic mass is 32.1. The van der Waals surface area contributed by atoms with Crippen LogP contribution in [0.15, 0.2) is 11.4 Å². The van der Waals surface area contributed by atoms with E-state index in [1.54, 1.807) is 32.5 Å². The average molecular weight is 241 g/mol. The Balaban J connectivity index is 2.66. The van der Waals surface area contributed by atoms with Crippen molar-refractivity contribution in [2.24, 2.45) is 0 Å². The van der Waals surface area contributed by atoms with Crippen LogP contribution in [-0.4, -0.2) is 36.9 Å². The molecule has 16 heavy (non-hydrogen) atoms. The highest BCUT2D eigenvalue weighted by Crippen LogP contribution is 2.18. The molecule has 0 aliphatic carbocycles. The van der Waals surface area contributed by atoms with Crippen LogP contribution in [-0.2, 0) is 4.79 Å². The fourth-order valence-electron chi connectivity index (χ4n) is 1.21. The number of carbonyl (C=O) groups excluding carboxylic acids is 2. The fraction of sp³-hybridized carbons (Fsp3) is 0.400. The number of amides is 2. The van der Waals surface area contributed by atoms with Gasteiger partial charge in [-0.25, -0.2) is 0 Å². The van der Waals surface area contributed by atoms with Crippen molar-refractivity contribution in [2.45, 2.75) is 13.0 Å². The Morgan fingerprint density at radius 3 is 2.56 bits per heavy atom. The largest absolute Gasteiger partial charge is 0.397 e. The molecule has 88 valence electrons. The second-order valence-corrected chi connectivity index (χ2v) is 4.55. The van der Waals surface area contributed by atoms with Crippen molar-refractivity contribution in [1.29, 1.82) is 0 Å². The molecule has 0 saturated carbocycles. The molecular formula is C10H15N3O2S. The van der Waals surface area contributed by atoms with Gasteiger partial charge in [0.1, 0.15) is 10.9 Å². The molecule has 1 unspecified atom stereocenters. The predicted molar refractivity (Wildman–Crippen MR) is 64.4 cm³/mol. The number of likely N-dealkylation sites (N-methyl/N-ethyl adjacent to an activating group) is 1. The molecule has 0 aliphatic rings. The first kappa shape index (κ1) is 12.5. The lowest BCUT2D eigenvalue weighted by molar-refractivity contribution is -0.130. The lowest BCUT2D eigenvalue weighted by Gasteiger charge is -2.17. The average Bonchev–Trinajstić information content (AvgIpc) is 2.62. The number of hydrogen-bond acceptors (Lipinski definition) is 4. The Kier molecular flexibility index (Phi) is 3.89.